The van der Waals surface area contributed by atoms with Crippen molar-refractivity contribution in [2.75, 3.05) is 31.1 Å². The van der Waals surface area contributed by atoms with Crippen molar-refractivity contribution in [2.45, 2.75) is 51.2 Å². The Labute approximate surface area is 152 Å². The quantitative estimate of drug-likeness (QED) is 0.693. The van der Waals surface area contributed by atoms with Crippen LogP contribution in [0.3, 0.4) is 0 Å². The van der Waals surface area contributed by atoms with E-state index in [1.807, 2.05) is 9.80 Å². The Morgan fingerprint density at radius 3 is 2.42 bits per heavy atom. The number of alkyl halides is 3. The van der Waals surface area contributed by atoms with Crippen molar-refractivity contribution in [2.24, 2.45) is 0 Å². The van der Waals surface area contributed by atoms with E-state index in [9.17, 15) is 23.1 Å². The fraction of sp³-hybridized carbons (Fsp3) is 0.632. The van der Waals surface area contributed by atoms with Gasteiger partial charge in [-0.1, -0.05) is 38.7 Å². The van der Waals surface area contributed by atoms with Crippen molar-refractivity contribution >= 4 is 11.7 Å². The highest BCUT2D eigenvalue weighted by Crippen LogP contribution is 2.32. The zero-order chi connectivity index (χ0) is 19.2. The Kier molecular flexibility index (Phi) is 7.32. The first kappa shape index (κ1) is 20.6. The highest BCUT2D eigenvalue weighted by Gasteiger charge is 2.32. The van der Waals surface area contributed by atoms with Gasteiger partial charge in [0.05, 0.1) is 5.56 Å². The Morgan fingerprint density at radius 2 is 1.85 bits per heavy atom. The second-order valence-corrected chi connectivity index (χ2v) is 6.77. The van der Waals surface area contributed by atoms with E-state index in [-0.39, 0.29) is 0 Å². The second kappa shape index (κ2) is 9.26. The van der Waals surface area contributed by atoms with Crippen LogP contribution in [0.25, 0.3) is 0 Å². The molecule has 1 aliphatic rings. The fourth-order valence-corrected chi connectivity index (χ4v) is 3.40. The number of carboxylic acid groups (broad SMARTS) is 1. The van der Waals surface area contributed by atoms with E-state index in [0.29, 0.717) is 38.3 Å². The number of nitrogens with zero attached hydrogens (tertiary/aromatic N) is 2. The molecular formula is C19H27F3N2O2. The third-order valence-corrected chi connectivity index (χ3v) is 4.91. The van der Waals surface area contributed by atoms with Gasteiger partial charge < -0.3 is 10.0 Å². The average molecular weight is 372 g/mol. The number of carbonyl (C=O) groups is 1. The Hall–Kier alpha value is -1.76. The molecule has 1 unspecified atom stereocenters. The van der Waals surface area contributed by atoms with Gasteiger partial charge in [0.25, 0.3) is 0 Å². The van der Waals surface area contributed by atoms with Crippen LogP contribution in [0, 0.1) is 0 Å². The lowest BCUT2D eigenvalue weighted by atomic mass is 10.0. The van der Waals surface area contributed by atoms with Crippen LogP contribution in [0.5, 0.6) is 0 Å². The molecule has 1 N–H and O–H groups in total. The summed E-state index contributed by atoms with van der Waals surface area (Å²) < 4.78 is 38.6. The Bertz CT molecular complexity index is 584. The summed E-state index contributed by atoms with van der Waals surface area (Å²) in [5, 5.41) is 9.51. The van der Waals surface area contributed by atoms with Gasteiger partial charge in [0.15, 0.2) is 0 Å². The molecule has 7 heteroatoms. The summed E-state index contributed by atoms with van der Waals surface area (Å²) in [6, 6.07) is 4.81. The smallest absolute Gasteiger partial charge is 0.416 e. The Morgan fingerprint density at radius 1 is 1.15 bits per heavy atom. The molecule has 146 valence electrons. The van der Waals surface area contributed by atoms with Gasteiger partial charge >= 0.3 is 12.1 Å². The molecule has 0 spiro atoms. The number of carboxylic acids is 1. The number of halogens is 3. The first-order valence-electron chi connectivity index (χ1n) is 9.22. The number of benzene rings is 1. The zero-order valence-corrected chi connectivity index (χ0v) is 15.1. The third kappa shape index (κ3) is 5.62. The molecule has 1 aromatic rings. The summed E-state index contributed by atoms with van der Waals surface area (Å²) in [6.07, 6.45) is 0.399. The van der Waals surface area contributed by atoms with Crippen molar-refractivity contribution in [3.05, 3.63) is 29.8 Å². The SMILES string of the molecule is CCCCCCC(C(=O)O)N1CCN(c2cccc(C(F)(F)F)c2)CC1. The highest BCUT2D eigenvalue weighted by molar-refractivity contribution is 5.73. The number of hydrogen-bond acceptors (Lipinski definition) is 3. The number of unbranched alkanes of at least 4 members (excludes halogenated alkanes) is 3. The minimum absolute atomic E-state index is 0.504. The lowest BCUT2D eigenvalue weighted by molar-refractivity contribution is -0.144. The van der Waals surface area contributed by atoms with Gasteiger partial charge in [-0.15, -0.1) is 0 Å². The van der Waals surface area contributed by atoms with Gasteiger partial charge in [0.1, 0.15) is 6.04 Å². The van der Waals surface area contributed by atoms with Crippen LogP contribution in [0.4, 0.5) is 18.9 Å². The van der Waals surface area contributed by atoms with Crippen molar-refractivity contribution in [1.82, 2.24) is 4.90 Å². The molecule has 0 saturated carbocycles. The van der Waals surface area contributed by atoms with Crippen LogP contribution >= 0.6 is 0 Å². The molecule has 1 fully saturated rings. The summed E-state index contributed by atoms with van der Waals surface area (Å²) in [7, 11) is 0. The normalized spacial score (nSPS) is 17.3. The van der Waals surface area contributed by atoms with Crippen molar-refractivity contribution < 1.29 is 23.1 Å². The van der Waals surface area contributed by atoms with Gasteiger partial charge in [0, 0.05) is 31.9 Å². The van der Waals surface area contributed by atoms with Crippen molar-refractivity contribution in [3.8, 4) is 0 Å². The average Bonchev–Trinajstić information content (AvgIpc) is 2.61. The van der Waals surface area contributed by atoms with Gasteiger partial charge in [-0.25, -0.2) is 0 Å². The van der Waals surface area contributed by atoms with E-state index in [4.69, 9.17) is 0 Å². The highest BCUT2D eigenvalue weighted by atomic mass is 19.4. The minimum Gasteiger partial charge on any atom is -0.480 e. The van der Waals surface area contributed by atoms with E-state index in [1.54, 1.807) is 6.07 Å². The third-order valence-electron chi connectivity index (χ3n) is 4.91. The molecule has 2 rings (SSSR count). The molecule has 4 nitrogen and oxygen atoms in total. The van der Waals surface area contributed by atoms with E-state index in [2.05, 4.69) is 6.92 Å². The van der Waals surface area contributed by atoms with Crippen LogP contribution in [0.1, 0.15) is 44.6 Å². The number of hydrogen-bond donors (Lipinski definition) is 1. The number of aliphatic carboxylic acids is 1. The maximum absolute atomic E-state index is 12.9. The van der Waals surface area contributed by atoms with E-state index in [1.165, 1.54) is 6.07 Å². The Balaban J connectivity index is 1.94. The predicted octanol–water partition coefficient (Wildman–Crippen LogP) is 4.25. The number of rotatable bonds is 8. The second-order valence-electron chi connectivity index (χ2n) is 6.77. The monoisotopic (exact) mass is 372 g/mol. The minimum atomic E-state index is -4.36. The molecule has 26 heavy (non-hydrogen) atoms. The van der Waals surface area contributed by atoms with E-state index < -0.39 is 23.8 Å². The molecule has 0 aromatic heterocycles. The van der Waals surface area contributed by atoms with Crippen LogP contribution in [-0.2, 0) is 11.0 Å². The first-order valence-corrected chi connectivity index (χ1v) is 9.22. The first-order chi connectivity index (χ1) is 12.3. The molecule has 1 aromatic carbocycles. The standard InChI is InChI=1S/C19H27F3N2O2/c1-2-3-4-5-9-17(18(25)26)24-12-10-23(11-13-24)16-8-6-7-15(14-16)19(20,21)22/h6-8,14,17H,2-5,9-13H2,1H3,(H,25,26). The van der Waals surface area contributed by atoms with Gasteiger partial charge in [-0.2, -0.15) is 13.2 Å². The van der Waals surface area contributed by atoms with Gasteiger partial charge in [-0.3, -0.25) is 9.69 Å². The molecule has 0 radical (unpaired) electrons. The fourth-order valence-electron chi connectivity index (χ4n) is 3.40. The summed E-state index contributed by atoms with van der Waals surface area (Å²) in [6.45, 7) is 4.25. The lowest BCUT2D eigenvalue weighted by Gasteiger charge is -2.39. The summed E-state index contributed by atoms with van der Waals surface area (Å²) in [5.41, 5.74) is -0.119. The van der Waals surface area contributed by atoms with Crippen molar-refractivity contribution in [3.63, 3.8) is 0 Å². The molecule has 0 amide bonds. The number of piperazine rings is 1. The summed E-state index contributed by atoms with van der Waals surface area (Å²) in [4.78, 5) is 15.4. The maximum Gasteiger partial charge on any atom is 0.416 e. The topological polar surface area (TPSA) is 43.8 Å². The van der Waals surface area contributed by atoms with Gasteiger partial charge in [-0.05, 0) is 24.6 Å². The molecule has 1 atom stereocenters. The largest absolute Gasteiger partial charge is 0.480 e. The van der Waals surface area contributed by atoms with Crippen LogP contribution < -0.4 is 4.90 Å². The molecule has 1 saturated heterocycles. The number of anilines is 1. The van der Waals surface area contributed by atoms with E-state index in [0.717, 1.165) is 37.8 Å². The van der Waals surface area contributed by atoms with E-state index >= 15 is 0 Å². The lowest BCUT2D eigenvalue weighted by Crippen LogP contribution is -2.52. The van der Waals surface area contributed by atoms with Crippen LogP contribution in [0.15, 0.2) is 24.3 Å². The maximum atomic E-state index is 12.9. The molecule has 0 aliphatic carbocycles. The van der Waals surface area contributed by atoms with Crippen LogP contribution in [0.2, 0.25) is 0 Å². The molecule has 0 bridgehead atoms. The molecule has 1 aliphatic heterocycles. The van der Waals surface area contributed by atoms with Gasteiger partial charge in [0.2, 0.25) is 0 Å². The predicted molar refractivity (Wildman–Crippen MR) is 95.4 cm³/mol. The summed E-state index contributed by atoms with van der Waals surface area (Å²) in [5.74, 6) is -0.811. The van der Waals surface area contributed by atoms with Crippen molar-refractivity contribution in [1.29, 1.82) is 0 Å². The summed E-state index contributed by atoms with van der Waals surface area (Å²) >= 11 is 0. The zero-order valence-electron chi connectivity index (χ0n) is 15.1. The van der Waals surface area contributed by atoms with Crippen LogP contribution in [-0.4, -0.2) is 48.2 Å². The molecular weight excluding hydrogens is 345 g/mol. The molecule has 1 heterocycles.